The maximum absolute atomic E-state index is 12.2. The van der Waals surface area contributed by atoms with E-state index in [-0.39, 0.29) is 15.7 Å². The SMILES string of the molecule is CCC(C)(C)N(C)C(=O)c1csc(S(=O)(=O)Cl)c1. The summed E-state index contributed by atoms with van der Waals surface area (Å²) >= 11 is 0.953. The number of halogens is 1. The summed E-state index contributed by atoms with van der Waals surface area (Å²) in [6.07, 6.45) is 0.806. The van der Waals surface area contributed by atoms with Crippen LogP contribution in [0.4, 0.5) is 0 Å². The molecule has 1 heterocycles. The molecule has 18 heavy (non-hydrogen) atoms. The van der Waals surface area contributed by atoms with E-state index in [9.17, 15) is 13.2 Å². The van der Waals surface area contributed by atoms with Crippen LogP contribution in [0.5, 0.6) is 0 Å². The van der Waals surface area contributed by atoms with Crippen molar-refractivity contribution in [3.63, 3.8) is 0 Å². The summed E-state index contributed by atoms with van der Waals surface area (Å²) in [5, 5.41) is 1.51. The van der Waals surface area contributed by atoms with E-state index in [4.69, 9.17) is 10.7 Å². The predicted octanol–water partition coefficient (Wildman–Crippen LogP) is 2.94. The van der Waals surface area contributed by atoms with Crippen LogP contribution < -0.4 is 0 Å². The number of carbonyl (C=O) groups is 1. The molecule has 0 unspecified atom stereocenters. The molecule has 0 spiro atoms. The summed E-state index contributed by atoms with van der Waals surface area (Å²) in [7, 11) is 3.18. The molecule has 0 radical (unpaired) electrons. The molecule has 1 aromatic heterocycles. The van der Waals surface area contributed by atoms with Gasteiger partial charge in [-0.15, -0.1) is 11.3 Å². The fraction of sp³-hybridized carbons (Fsp3) is 0.545. The number of thiophene rings is 1. The van der Waals surface area contributed by atoms with Gasteiger partial charge in [-0.25, -0.2) is 8.42 Å². The summed E-state index contributed by atoms with van der Waals surface area (Å²) in [5.41, 5.74) is 0.0715. The summed E-state index contributed by atoms with van der Waals surface area (Å²) in [4.78, 5) is 13.8. The largest absolute Gasteiger partial charge is 0.337 e. The highest BCUT2D eigenvalue weighted by Crippen LogP contribution is 2.26. The fourth-order valence-electron chi connectivity index (χ4n) is 1.26. The van der Waals surface area contributed by atoms with Gasteiger partial charge in [0, 0.05) is 28.6 Å². The van der Waals surface area contributed by atoms with Crippen molar-refractivity contribution in [1.29, 1.82) is 0 Å². The minimum atomic E-state index is -3.76. The van der Waals surface area contributed by atoms with Crippen LogP contribution in [0.2, 0.25) is 0 Å². The molecule has 0 saturated carbocycles. The standard InChI is InChI=1S/C11H16ClNO3S2/c1-5-11(2,3)13(4)10(14)8-6-9(17-7-8)18(12,15)16/h6-7H,5H2,1-4H3. The lowest BCUT2D eigenvalue weighted by Crippen LogP contribution is -2.44. The lowest BCUT2D eigenvalue weighted by atomic mass is 9.99. The molecule has 0 bridgehead atoms. The molecular formula is C11H16ClNO3S2. The van der Waals surface area contributed by atoms with E-state index in [1.54, 1.807) is 11.9 Å². The Morgan fingerprint density at radius 2 is 2.06 bits per heavy atom. The lowest BCUT2D eigenvalue weighted by Gasteiger charge is -2.34. The van der Waals surface area contributed by atoms with Gasteiger partial charge < -0.3 is 4.90 Å². The van der Waals surface area contributed by atoms with Crippen LogP contribution in [0.25, 0.3) is 0 Å². The van der Waals surface area contributed by atoms with Gasteiger partial charge in [0.05, 0.1) is 5.56 Å². The predicted molar refractivity (Wildman–Crippen MR) is 73.8 cm³/mol. The first-order chi connectivity index (χ1) is 8.09. The molecular weight excluding hydrogens is 294 g/mol. The Hall–Kier alpha value is -0.590. The van der Waals surface area contributed by atoms with E-state index in [2.05, 4.69) is 0 Å². The number of hydrogen-bond donors (Lipinski definition) is 0. The minimum absolute atomic E-state index is 0.00442. The van der Waals surface area contributed by atoms with Crippen molar-refractivity contribution in [3.05, 3.63) is 17.0 Å². The van der Waals surface area contributed by atoms with Gasteiger partial charge in [-0.2, -0.15) is 0 Å². The molecule has 1 rings (SSSR count). The number of amides is 1. The van der Waals surface area contributed by atoms with Crippen LogP contribution >= 0.6 is 22.0 Å². The van der Waals surface area contributed by atoms with Crippen molar-refractivity contribution in [2.75, 3.05) is 7.05 Å². The van der Waals surface area contributed by atoms with Crippen LogP contribution in [0, 0.1) is 0 Å². The second kappa shape index (κ2) is 5.19. The highest BCUT2D eigenvalue weighted by atomic mass is 35.7. The van der Waals surface area contributed by atoms with Gasteiger partial charge in [0.15, 0.2) is 0 Å². The van der Waals surface area contributed by atoms with Crippen molar-refractivity contribution >= 4 is 37.0 Å². The number of nitrogens with zero attached hydrogens (tertiary/aromatic N) is 1. The molecule has 102 valence electrons. The Labute approximate surface area is 116 Å². The second-order valence-corrected chi connectivity index (χ2v) is 8.33. The third-order valence-corrected chi connectivity index (χ3v) is 6.18. The monoisotopic (exact) mass is 309 g/mol. The number of hydrogen-bond acceptors (Lipinski definition) is 4. The maximum atomic E-state index is 12.2. The normalized spacial score (nSPS) is 12.5. The molecule has 0 aliphatic heterocycles. The first kappa shape index (κ1) is 15.5. The molecule has 1 amide bonds. The molecule has 0 atom stereocenters. The van der Waals surface area contributed by atoms with Crippen molar-refractivity contribution in [3.8, 4) is 0 Å². The summed E-state index contributed by atoms with van der Waals surface area (Å²) in [6.45, 7) is 5.90. The number of rotatable bonds is 4. The molecule has 4 nitrogen and oxygen atoms in total. The third-order valence-electron chi connectivity index (χ3n) is 3.14. The highest BCUT2D eigenvalue weighted by Gasteiger charge is 2.27. The van der Waals surface area contributed by atoms with Crippen molar-refractivity contribution in [2.24, 2.45) is 0 Å². The Morgan fingerprint density at radius 1 is 1.50 bits per heavy atom. The first-order valence-corrected chi connectivity index (χ1v) is 8.60. The molecule has 0 fully saturated rings. The Balaban J connectivity index is 3.03. The average Bonchev–Trinajstić information content (AvgIpc) is 2.75. The Kier molecular flexibility index (Phi) is 4.46. The molecule has 0 aliphatic carbocycles. The van der Waals surface area contributed by atoms with Crippen LogP contribution in [0.3, 0.4) is 0 Å². The van der Waals surface area contributed by atoms with E-state index in [1.165, 1.54) is 11.4 Å². The Bertz CT molecular complexity index is 548. The van der Waals surface area contributed by atoms with E-state index in [1.807, 2.05) is 20.8 Å². The van der Waals surface area contributed by atoms with Gasteiger partial charge >= 0.3 is 0 Å². The van der Waals surface area contributed by atoms with Crippen molar-refractivity contribution in [2.45, 2.75) is 36.9 Å². The van der Waals surface area contributed by atoms with Gasteiger partial charge in [0.1, 0.15) is 4.21 Å². The van der Waals surface area contributed by atoms with E-state index >= 15 is 0 Å². The zero-order chi connectivity index (χ0) is 14.1. The van der Waals surface area contributed by atoms with Gasteiger partial charge in [0.25, 0.3) is 15.0 Å². The van der Waals surface area contributed by atoms with Crippen LogP contribution in [0.15, 0.2) is 15.7 Å². The molecule has 7 heteroatoms. The number of carbonyl (C=O) groups excluding carboxylic acids is 1. The van der Waals surface area contributed by atoms with Crippen molar-refractivity contribution in [1.82, 2.24) is 4.90 Å². The average molecular weight is 310 g/mol. The minimum Gasteiger partial charge on any atom is -0.337 e. The maximum Gasteiger partial charge on any atom is 0.270 e. The summed E-state index contributed by atoms with van der Waals surface area (Å²) < 4.78 is 22.3. The van der Waals surface area contributed by atoms with Crippen LogP contribution in [-0.4, -0.2) is 31.8 Å². The molecule has 0 N–H and O–H groups in total. The fourth-order valence-corrected chi connectivity index (χ4v) is 3.20. The van der Waals surface area contributed by atoms with Gasteiger partial charge in [0.2, 0.25) is 0 Å². The zero-order valence-corrected chi connectivity index (χ0v) is 13.1. The zero-order valence-electron chi connectivity index (χ0n) is 10.7. The van der Waals surface area contributed by atoms with Crippen LogP contribution in [-0.2, 0) is 9.05 Å². The van der Waals surface area contributed by atoms with Gasteiger partial charge in [-0.1, -0.05) is 6.92 Å². The van der Waals surface area contributed by atoms with Crippen molar-refractivity contribution < 1.29 is 13.2 Å². The lowest BCUT2D eigenvalue weighted by molar-refractivity contribution is 0.0620. The molecule has 0 saturated heterocycles. The molecule has 0 aromatic carbocycles. The van der Waals surface area contributed by atoms with Gasteiger partial charge in [-0.05, 0) is 26.3 Å². The highest BCUT2D eigenvalue weighted by molar-refractivity contribution is 8.15. The smallest absolute Gasteiger partial charge is 0.270 e. The first-order valence-electron chi connectivity index (χ1n) is 5.41. The summed E-state index contributed by atoms with van der Waals surface area (Å²) in [6, 6.07) is 1.32. The second-order valence-electron chi connectivity index (χ2n) is 4.62. The Morgan fingerprint density at radius 3 is 2.44 bits per heavy atom. The van der Waals surface area contributed by atoms with E-state index in [0.29, 0.717) is 5.56 Å². The molecule has 0 aliphatic rings. The quantitative estimate of drug-likeness (QED) is 0.804. The van der Waals surface area contributed by atoms with E-state index < -0.39 is 9.05 Å². The third kappa shape index (κ3) is 3.24. The van der Waals surface area contributed by atoms with Crippen LogP contribution in [0.1, 0.15) is 37.6 Å². The molecule has 1 aromatic rings. The topological polar surface area (TPSA) is 54.5 Å². The van der Waals surface area contributed by atoms with E-state index in [0.717, 1.165) is 17.8 Å². The summed E-state index contributed by atoms with van der Waals surface area (Å²) in [5.74, 6) is -0.204. The van der Waals surface area contributed by atoms with Gasteiger partial charge in [-0.3, -0.25) is 4.79 Å².